The highest BCUT2D eigenvalue weighted by molar-refractivity contribution is 7.87. The van der Waals surface area contributed by atoms with Gasteiger partial charge in [0.05, 0.1) is 0 Å². The third-order valence-electron chi connectivity index (χ3n) is 2.29. The molecule has 0 bridgehead atoms. The summed E-state index contributed by atoms with van der Waals surface area (Å²) in [7, 11) is -1.89. The molecular weight excluding hydrogens is 240 g/mol. The Morgan fingerprint density at radius 1 is 1.29 bits per heavy atom. The van der Waals surface area contributed by atoms with E-state index in [1.807, 2.05) is 6.92 Å². The van der Waals surface area contributed by atoms with Crippen LogP contribution in [0.4, 0.5) is 0 Å². The second-order valence-corrected chi connectivity index (χ2v) is 5.68. The van der Waals surface area contributed by atoms with E-state index in [2.05, 4.69) is 4.72 Å². The third-order valence-corrected chi connectivity index (χ3v) is 3.81. The van der Waals surface area contributed by atoms with Crippen molar-refractivity contribution in [1.29, 1.82) is 0 Å². The highest BCUT2D eigenvalue weighted by Gasteiger charge is 2.16. The van der Waals surface area contributed by atoms with Crippen molar-refractivity contribution in [3.63, 3.8) is 0 Å². The molecule has 0 unspecified atom stereocenters. The van der Waals surface area contributed by atoms with Gasteiger partial charge in [0.25, 0.3) is 10.2 Å². The molecule has 96 valence electrons. The zero-order valence-corrected chi connectivity index (χ0v) is 10.9. The van der Waals surface area contributed by atoms with Gasteiger partial charge in [0.15, 0.2) is 0 Å². The van der Waals surface area contributed by atoms with E-state index < -0.39 is 10.2 Å². The molecule has 1 rings (SSSR count). The summed E-state index contributed by atoms with van der Waals surface area (Å²) < 4.78 is 27.2. The Balaban J connectivity index is 2.65. The van der Waals surface area contributed by atoms with Crippen molar-refractivity contribution >= 4 is 10.2 Å². The second-order valence-electron chi connectivity index (χ2n) is 3.82. The average Bonchev–Trinajstić information content (AvgIpc) is 2.29. The lowest BCUT2D eigenvalue weighted by Crippen LogP contribution is -2.38. The van der Waals surface area contributed by atoms with Gasteiger partial charge in [-0.05, 0) is 24.1 Å². The molecule has 0 aliphatic carbocycles. The van der Waals surface area contributed by atoms with Gasteiger partial charge in [0.1, 0.15) is 5.75 Å². The first-order valence-corrected chi connectivity index (χ1v) is 6.88. The molecule has 17 heavy (non-hydrogen) atoms. The van der Waals surface area contributed by atoms with Crippen molar-refractivity contribution in [3.05, 3.63) is 29.8 Å². The van der Waals surface area contributed by atoms with E-state index in [1.54, 1.807) is 12.1 Å². The lowest BCUT2D eigenvalue weighted by molar-refractivity contribution is 0.453. The second kappa shape index (κ2) is 6.00. The van der Waals surface area contributed by atoms with Crippen LogP contribution in [0.15, 0.2) is 24.3 Å². The summed E-state index contributed by atoms with van der Waals surface area (Å²) in [6.45, 7) is 2.62. The molecule has 0 heterocycles. The number of benzene rings is 1. The first-order valence-electron chi connectivity index (χ1n) is 5.44. The normalized spacial score (nSPS) is 11.9. The number of phenolic OH excluding ortho intramolecular Hbond substituents is 1. The van der Waals surface area contributed by atoms with Gasteiger partial charge in [-0.1, -0.05) is 19.1 Å². The quantitative estimate of drug-likeness (QED) is 0.802. The van der Waals surface area contributed by atoms with Crippen LogP contribution in [0.1, 0.15) is 18.9 Å². The molecule has 1 aromatic rings. The molecule has 2 N–H and O–H groups in total. The highest BCUT2D eigenvalue weighted by Crippen LogP contribution is 2.12. The third kappa shape index (κ3) is 4.33. The monoisotopic (exact) mass is 258 g/mol. The Morgan fingerprint density at radius 2 is 1.88 bits per heavy atom. The van der Waals surface area contributed by atoms with Crippen LogP contribution in [0, 0.1) is 0 Å². The fourth-order valence-electron chi connectivity index (χ4n) is 1.28. The minimum Gasteiger partial charge on any atom is -0.508 e. The Bertz CT molecular complexity index is 442. The van der Waals surface area contributed by atoms with Gasteiger partial charge in [-0.25, -0.2) is 4.72 Å². The van der Waals surface area contributed by atoms with E-state index in [-0.39, 0.29) is 12.3 Å². The van der Waals surface area contributed by atoms with Crippen LogP contribution in [0.2, 0.25) is 0 Å². The average molecular weight is 258 g/mol. The Hall–Kier alpha value is -1.11. The Morgan fingerprint density at radius 3 is 2.41 bits per heavy atom. The fourth-order valence-corrected chi connectivity index (χ4v) is 2.29. The number of nitrogens with one attached hydrogen (secondary N) is 1. The van der Waals surface area contributed by atoms with Crippen LogP contribution in [-0.2, 0) is 16.8 Å². The van der Waals surface area contributed by atoms with Gasteiger partial charge in [-0.15, -0.1) is 0 Å². The smallest absolute Gasteiger partial charge is 0.279 e. The minimum atomic E-state index is -3.41. The van der Waals surface area contributed by atoms with Gasteiger partial charge in [-0.3, -0.25) is 0 Å². The molecular formula is C11H18N2O3S. The van der Waals surface area contributed by atoms with Crippen LogP contribution in [0.25, 0.3) is 0 Å². The van der Waals surface area contributed by atoms with E-state index in [0.29, 0.717) is 6.54 Å². The van der Waals surface area contributed by atoms with Crippen molar-refractivity contribution in [2.75, 3.05) is 13.6 Å². The van der Waals surface area contributed by atoms with Gasteiger partial charge >= 0.3 is 0 Å². The largest absolute Gasteiger partial charge is 0.508 e. The molecule has 0 radical (unpaired) electrons. The maximum Gasteiger partial charge on any atom is 0.279 e. The summed E-state index contributed by atoms with van der Waals surface area (Å²) in [5.74, 6) is 0.170. The summed E-state index contributed by atoms with van der Waals surface area (Å²) in [6.07, 6.45) is 0.756. The predicted molar refractivity (Wildman–Crippen MR) is 66.8 cm³/mol. The van der Waals surface area contributed by atoms with Gasteiger partial charge in [0, 0.05) is 20.1 Å². The molecule has 1 aromatic carbocycles. The molecule has 5 nitrogen and oxygen atoms in total. The highest BCUT2D eigenvalue weighted by atomic mass is 32.2. The lowest BCUT2D eigenvalue weighted by Gasteiger charge is -2.17. The van der Waals surface area contributed by atoms with E-state index in [4.69, 9.17) is 5.11 Å². The van der Waals surface area contributed by atoms with E-state index in [0.717, 1.165) is 12.0 Å². The van der Waals surface area contributed by atoms with Gasteiger partial charge in [0.2, 0.25) is 0 Å². The maximum atomic E-state index is 11.7. The zero-order chi connectivity index (χ0) is 12.9. The summed E-state index contributed by atoms with van der Waals surface area (Å²) in [4.78, 5) is 0. The molecule has 0 fully saturated rings. The molecule has 0 amide bonds. The standard InChI is InChI=1S/C11H18N2O3S/c1-3-8-12-17(15,16)13(2)9-10-4-6-11(14)7-5-10/h4-7,12,14H,3,8-9H2,1-2H3. The molecule has 0 atom stereocenters. The Kier molecular flexibility index (Phi) is 4.92. The zero-order valence-electron chi connectivity index (χ0n) is 10.0. The van der Waals surface area contributed by atoms with E-state index in [1.165, 1.54) is 23.5 Å². The first kappa shape index (κ1) is 14.0. The summed E-state index contributed by atoms with van der Waals surface area (Å²) in [5, 5.41) is 9.12. The van der Waals surface area contributed by atoms with Crippen LogP contribution in [-0.4, -0.2) is 31.4 Å². The molecule has 0 aliphatic rings. The van der Waals surface area contributed by atoms with Gasteiger partial charge in [-0.2, -0.15) is 12.7 Å². The topological polar surface area (TPSA) is 69.6 Å². The number of nitrogens with zero attached hydrogens (tertiary/aromatic N) is 1. The van der Waals surface area contributed by atoms with Crippen molar-refractivity contribution in [1.82, 2.24) is 9.03 Å². The van der Waals surface area contributed by atoms with Crippen LogP contribution in [0.3, 0.4) is 0 Å². The van der Waals surface area contributed by atoms with Crippen molar-refractivity contribution in [2.24, 2.45) is 0 Å². The fraction of sp³-hybridized carbons (Fsp3) is 0.455. The molecule has 0 saturated heterocycles. The van der Waals surface area contributed by atoms with Crippen LogP contribution in [0.5, 0.6) is 5.75 Å². The maximum absolute atomic E-state index is 11.7. The number of hydrogen-bond donors (Lipinski definition) is 2. The van der Waals surface area contributed by atoms with E-state index in [9.17, 15) is 8.42 Å². The number of rotatable bonds is 6. The van der Waals surface area contributed by atoms with Gasteiger partial charge < -0.3 is 5.11 Å². The summed E-state index contributed by atoms with van der Waals surface area (Å²) >= 11 is 0. The summed E-state index contributed by atoms with van der Waals surface area (Å²) in [6, 6.07) is 6.47. The van der Waals surface area contributed by atoms with Crippen molar-refractivity contribution in [3.8, 4) is 5.75 Å². The molecule has 0 aliphatic heterocycles. The number of aromatic hydroxyl groups is 1. The molecule has 0 saturated carbocycles. The molecule has 0 spiro atoms. The summed E-state index contributed by atoms with van der Waals surface area (Å²) in [5.41, 5.74) is 0.826. The predicted octanol–water partition coefficient (Wildman–Crippen LogP) is 1.07. The van der Waals surface area contributed by atoms with Crippen molar-refractivity contribution in [2.45, 2.75) is 19.9 Å². The lowest BCUT2D eigenvalue weighted by atomic mass is 10.2. The first-order chi connectivity index (χ1) is 7.95. The number of hydrogen-bond acceptors (Lipinski definition) is 3. The molecule has 0 aromatic heterocycles. The Labute approximate surface area is 102 Å². The minimum absolute atomic E-state index is 0.170. The molecule has 6 heteroatoms. The van der Waals surface area contributed by atoms with Crippen LogP contribution < -0.4 is 4.72 Å². The SMILES string of the molecule is CCCNS(=O)(=O)N(C)Cc1ccc(O)cc1. The van der Waals surface area contributed by atoms with E-state index >= 15 is 0 Å². The van der Waals surface area contributed by atoms with Crippen molar-refractivity contribution < 1.29 is 13.5 Å². The number of phenols is 1. The van der Waals surface area contributed by atoms with Crippen LogP contribution >= 0.6 is 0 Å².